The van der Waals surface area contributed by atoms with Crippen LogP contribution < -0.4 is 10.6 Å². The summed E-state index contributed by atoms with van der Waals surface area (Å²) in [7, 11) is 0. The van der Waals surface area contributed by atoms with Crippen molar-refractivity contribution >= 4 is 5.95 Å². The first-order chi connectivity index (χ1) is 9.28. The standard InChI is InChI=1S/C15H20N4/c1-3-19(4-2)15-17-10-9-14(18-15)13-7-5-12(11-16)6-8-13/h5-10H,3-4,11,16H2,1-2H3. The van der Waals surface area contributed by atoms with Crippen LogP contribution in [-0.4, -0.2) is 23.1 Å². The second-order valence-corrected chi connectivity index (χ2v) is 4.32. The fraction of sp³-hybridized carbons (Fsp3) is 0.333. The minimum Gasteiger partial charge on any atom is -0.341 e. The van der Waals surface area contributed by atoms with E-state index in [4.69, 9.17) is 5.73 Å². The number of nitrogens with zero attached hydrogens (tertiary/aromatic N) is 3. The molecule has 0 fully saturated rings. The first kappa shape index (κ1) is 13.5. The molecule has 1 aromatic carbocycles. The van der Waals surface area contributed by atoms with Gasteiger partial charge in [0.15, 0.2) is 0 Å². The van der Waals surface area contributed by atoms with E-state index in [-0.39, 0.29) is 0 Å². The van der Waals surface area contributed by atoms with Gasteiger partial charge in [-0.3, -0.25) is 0 Å². The van der Waals surface area contributed by atoms with E-state index in [9.17, 15) is 0 Å². The van der Waals surface area contributed by atoms with Gasteiger partial charge in [-0.2, -0.15) is 0 Å². The van der Waals surface area contributed by atoms with Gasteiger partial charge in [-0.1, -0.05) is 24.3 Å². The fourth-order valence-corrected chi connectivity index (χ4v) is 1.98. The number of aromatic nitrogens is 2. The second-order valence-electron chi connectivity index (χ2n) is 4.32. The maximum Gasteiger partial charge on any atom is 0.225 e. The lowest BCUT2D eigenvalue weighted by Gasteiger charge is -2.18. The van der Waals surface area contributed by atoms with Crippen molar-refractivity contribution in [2.75, 3.05) is 18.0 Å². The van der Waals surface area contributed by atoms with Gasteiger partial charge in [0.2, 0.25) is 5.95 Å². The fourth-order valence-electron chi connectivity index (χ4n) is 1.98. The molecule has 0 amide bonds. The Morgan fingerprint density at radius 3 is 2.32 bits per heavy atom. The van der Waals surface area contributed by atoms with E-state index in [1.807, 2.05) is 24.4 Å². The summed E-state index contributed by atoms with van der Waals surface area (Å²) >= 11 is 0. The van der Waals surface area contributed by atoms with Crippen LogP contribution in [-0.2, 0) is 6.54 Å². The molecule has 0 spiro atoms. The lowest BCUT2D eigenvalue weighted by atomic mass is 10.1. The van der Waals surface area contributed by atoms with E-state index in [0.717, 1.165) is 35.9 Å². The summed E-state index contributed by atoms with van der Waals surface area (Å²) in [6, 6.07) is 10.1. The van der Waals surface area contributed by atoms with Crippen molar-refractivity contribution in [3.63, 3.8) is 0 Å². The second kappa shape index (κ2) is 6.29. The molecular formula is C15H20N4. The van der Waals surface area contributed by atoms with Crippen molar-refractivity contribution in [3.05, 3.63) is 42.1 Å². The SMILES string of the molecule is CCN(CC)c1nccc(-c2ccc(CN)cc2)n1. The zero-order valence-electron chi connectivity index (χ0n) is 11.5. The molecule has 0 saturated carbocycles. The molecule has 2 aromatic rings. The lowest BCUT2D eigenvalue weighted by Crippen LogP contribution is -2.24. The molecule has 2 N–H and O–H groups in total. The zero-order chi connectivity index (χ0) is 13.7. The Hall–Kier alpha value is -1.94. The van der Waals surface area contributed by atoms with Crippen LogP contribution in [0.25, 0.3) is 11.3 Å². The first-order valence-corrected chi connectivity index (χ1v) is 6.65. The van der Waals surface area contributed by atoms with Crippen molar-refractivity contribution in [2.45, 2.75) is 20.4 Å². The molecule has 4 nitrogen and oxygen atoms in total. The Bertz CT molecular complexity index is 518. The van der Waals surface area contributed by atoms with Gasteiger partial charge in [-0.15, -0.1) is 0 Å². The minimum absolute atomic E-state index is 0.564. The molecule has 100 valence electrons. The highest BCUT2D eigenvalue weighted by Gasteiger charge is 2.07. The van der Waals surface area contributed by atoms with Crippen LogP contribution in [0.2, 0.25) is 0 Å². The molecule has 0 unspecified atom stereocenters. The molecular weight excluding hydrogens is 236 g/mol. The van der Waals surface area contributed by atoms with Gasteiger partial charge < -0.3 is 10.6 Å². The van der Waals surface area contributed by atoms with Gasteiger partial charge in [-0.25, -0.2) is 9.97 Å². The maximum absolute atomic E-state index is 5.61. The third kappa shape index (κ3) is 3.09. The summed E-state index contributed by atoms with van der Waals surface area (Å²) in [6.45, 7) is 6.60. The smallest absolute Gasteiger partial charge is 0.225 e. The number of hydrogen-bond acceptors (Lipinski definition) is 4. The highest BCUT2D eigenvalue weighted by molar-refractivity contribution is 5.60. The average molecular weight is 256 g/mol. The summed E-state index contributed by atoms with van der Waals surface area (Å²) in [5.74, 6) is 0.783. The summed E-state index contributed by atoms with van der Waals surface area (Å²) in [5.41, 5.74) is 8.77. The monoisotopic (exact) mass is 256 g/mol. The Morgan fingerprint density at radius 2 is 1.74 bits per heavy atom. The van der Waals surface area contributed by atoms with E-state index in [1.165, 1.54) is 0 Å². The highest BCUT2D eigenvalue weighted by atomic mass is 15.2. The van der Waals surface area contributed by atoms with Crippen molar-refractivity contribution in [1.29, 1.82) is 0 Å². The van der Waals surface area contributed by atoms with Crippen LogP contribution in [0.4, 0.5) is 5.95 Å². The summed E-state index contributed by atoms with van der Waals surface area (Å²) in [6.07, 6.45) is 1.81. The third-order valence-corrected chi connectivity index (χ3v) is 3.17. The predicted molar refractivity (Wildman–Crippen MR) is 78.9 cm³/mol. The van der Waals surface area contributed by atoms with Crippen molar-refractivity contribution < 1.29 is 0 Å². The zero-order valence-corrected chi connectivity index (χ0v) is 11.5. The van der Waals surface area contributed by atoms with Crippen LogP contribution in [0.3, 0.4) is 0 Å². The van der Waals surface area contributed by atoms with E-state index in [1.54, 1.807) is 0 Å². The van der Waals surface area contributed by atoms with Crippen LogP contribution in [0, 0.1) is 0 Å². The molecule has 0 saturated heterocycles. The molecule has 0 atom stereocenters. The van der Waals surface area contributed by atoms with E-state index < -0.39 is 0 Å². The molecule has 0 bridgehead atoms. The van der Waals surface area contributed by atoms with Gasteiger partial charge in [0.25, 0.3) is 0 Å². The number of nitrogens with two attached hydrogens (primary N) is 1. The maximum atomic E-state index is 5.61. The minimum atomic E-state index is 0.564. The van der Waals surface area contributed by atoms with Crippen molar-refractivity contribution in [1.82, 2.24) is 9.97 Å². The van der Waals surface area contributed by atoms with Gasteiger partial charge in [0.05, 0.1) is 5.69 Å². The van der Waals surface area contributed by atoms with Crippen molar-refractivity contribution in [3.8, 4) is 11.3 Å². The van der Waals surface area contributed by atoms with E-state index in [2.05, 4.69) is 40.8 Å². The van der Waals surface area contributed by atoms with Gasteiger partial charge in [0.1, 0.15) is 0 Å². The largest absolute Gasteiger partial charge is 0.341 e. The van der Waals surface area contributed by atoms with Gasteiger partial charge >= 0.3 is 0 Å². The molecule has 2 rings (SSSR count). The van der Waals surface area contributed by atoms with Crippen LogP contribution >= 0.6 is 0 Å². The van der Waals surface area contributed by atoms with E-state index in [0.29, 0.717) is 6.54 Å². The van der Waals surface area contributed by atoms with Crippen LogP contribution in [0.15, 0.2) is 36.5 Å². The number of rotatable bonds is 5. The molecule has 0 aliphatic heterocycles. The summed E-state index contributed by atoms with van der Waals surface area (Å²) in [4.78, 5) is 11.1. The topological polar surface area (TPSA) is 55.0 Å². The Morgan fingerprint density at radius 1 is 1.05 bits per heavy atom. The van der Waals surface area contributed by atoms with Gasteiger partial charge in [-0.05, 0) is 25.5 Å². The average Bonchev–Trinajstić information content (AvgIpc) is 2.49. The molecule has 0 radical (unpaired) electrons. The Kier molecular flexibility index (Phi) is 4.47. The van der Waals surface area contributed by atoms with Gasteiger partial charge in [0, 0.05) is 31.4 Å². The number of benzene rings is 1. The first-order valence-electron chi connectivity index (χ1n) is 6.65. The van der Waals surface area contributed by atoms with Crippen molar-refractivity contribution in [2.24, 2.45) is 5.73 Å². The number of hydrogen-bond donors (Lipinski definition) is 1. The Labute approximate surface area is 114 Å². The molecule has 0 aliphatic rings. The normalized spacial score (nSPS) is 10.5. The molecule has 1 heterocycles. The molecule has 19 heavy (non-hydrogen) atoms. The molecule has 0 aliphatic carbocycles. The van der Waals surface area contributed by atoms with Crippen LogP contribution in [0.5, 0.6) is 0 Å². The highest BCUT2D eigenvalue weighted by Crippen LogP contribution is 2.19. The van der Waals surface area contributed by atoms with E-state index >= 15 is 0 Å². The Balaban J connectivity index is 2.31. The quantitative estimate of drug-likeness (QED) is 0.892. The lowest BCUT2D eigenvalue weighted by molar-refractivity contribution is 0.822. The summed E-state index contributed by atoms with van der Waals surface area (Å²) < 4.78 is 0. The van der Waals surface area contributed by atoms with Crippen LogP contribution in [0.1, 0.15) is 19.4 Å². The third-order valence-electron chi connectivity index (χ3n) is 3.17. The predicted octanol–water partition coefficient (Wildman–Crippen LogP) is 2.45. The molecule has 4 heteroatoms. The number of anilines is 1. The summed E-state index contributed by atoms with van der Waals surface area (Å²) in [5, 5.41) is 0. The molecule has 1 aromatic heterocycles.